The fourth-order valence-electron chi connectivity index (χ4n) is 7.52. The third-order valence-corrected chi connectivity index (χ3v) is 12.0. The number of nitrogens with zero attached hydrogens (tertiary/aromatic N) is 4. The van der Waals surface area contributed by atoms with Crippen LogP contribution in [0.5, 0.6) is 11.5 Å². The molecule has 2 aromatic heterocycles. The number of ether oxygens (including phenoxy) is 5. The van der Waals surface area contributed by atoms with Crippen LogP contribution in [0.1, 0.15) is 133 Å². The molecule has 1 aromatic carbocycles. The number of aliphatic hydroxyl groups excluding tert-OH is 2. The van der Waals surface area contributed by atoms with Crippen LogP contribution in [0.4, 0.5) is 5.82 Å². The maximum absolute atomic E-state index is 13.1. The van der Waals surface area contributed by atoms with E-state index in [4.69, 9.17) is 38.5 Å². The predicted molar refractivity (Wildman–Crippen MR) is 227 cm³/mol. The number of phosphoric ester groups is 1. The van der Waals surface area contributed by atoms with Crippen LogP contribution in [0, 0.1) is 11.3 Å². The second-order valence-electron chi connectivity index (χ2n) is 15.7. The first-order chi connectivity index (χ1) is 29.0. The number of phosphoric acid groups is 1. The van der Waals surface area contributed by atoms with Crippen LogP contribution in [0.2, 0.25) is 0 Å². The van der Waals surface area contributed by atoms with E-state index < -0.39 is 44.4 Å². The first-order valence-corrected chi connectivity index (χ1v) is 23.1. The molecule has 0 spiro atoms. The minimum Gasteiger partial charge on any atom is -0.495 e. The number of anilines is 1. The molecule has 17 heteroatoms. The minimum atomic E-state index is -4.73. The number of nitrogens with two attached hydrogens (primary N) is 1. The van der Waals surface area contributed by atoms with E-state index in [1.54, 1.807) is 31.2 Å². The number of unbranched alkanes of at least 4 members (excludes halogenated alkanes) is 15. The number of rotatable bonds is 31. The number of aliphatic hydroxyl groups is 2. The molecule has 60 heavy (non-hydrogen) atoms. The quantitative estimate of drug-likeness (QED) is 0.0363. The number of fused-ring (bicyclic) bond motifs is 1. The lowest BCUT2D eigenvalue weighted by Gasteiger charge is -2.27. The lowest BCUT2D eigenvalue weighted by Crippen LogP contribution is -2.39. The van der Waals surface area contributed by atoms with Crippen molar-refractivity contribution in [3.8, 4) is 17.6 Å². The van der Waals surface area contributed by atoms with Crippen molar-refractivity contribution in [2.24, 2.45) is 0 Å². The van der Waals surface area contributed by atoms with Crippen LogP contribution in [0.25, 0.3) is 5.52 Å². The highest BCUT2D eigenvalue weighted by molar-refractivity contribution is 7.47. The molecule has 0 radical (unpaired) electrons. The summed E-state index contributed by atoms with van der Waals surface area (Å²) < 4.78 is 54.1. The monoisotopic (exact) mass is 861 g/mol. The predicted octanol–water partition coefficient (Wildman–Crippen LogP) is 7.53. The van der Waals surface area contributed by atoms with Crippen molar-refractivity contribution >= 4 is 19.2 Å². The number of benzene rings is 1. The van der Waals surface area contributed by atoms with E-state index in [-0.39, 0.29) is 31.2 Å². The van der Waals surface area contributed by atoms with Crippen LogP contribution < -0.4 is 15.2 Å². The highest BCUT2D eigenvalue weighted by Crippen LogP contribution is 2.46. The Kier molecular flexibility index (Phi) is 21.0. The van der Waals surface area contributed by atoms with Gasteiger partial charge in [-0.25, -0.2) is 14.1 Å². The van der Waals surface area contributed by atoms with Crippen molar-refractivity contribution in [1.82, 2.24) is 14.6 Å². The van der Waals surface area contributed by atoms with Gasteiger partial charge in [0.1, 0.15) is 65.0 Å². The summed E-state index contributed by atoms with van der Waals surface area (Å²) >= 11 is 0. The Morgan fingerprint density at radius 3 is 2.07 bits per heavy atom. The highest BCUT2D eigenvalue weighted by atomic mass is 31.2. The van der Waals surface area contributed by atoms with Crippen LogP contribution in [0.3, 0.4) is 0 Å². The van der Waals surface area contributed by atoms with Gasteiger partial charge in [-0.2, -0.15) is 10.4 Å². The molecule has 0 bridgehead atoms. The van der Waals surface area contributed by atoms with Crippen molar-refractivity contribution in [3.05, 3.63) is 47.4 Å². The topological polar surface area (TPSA) is 222 Å². The highest BCUT2D eigenvalue weighted by Gasteiger charge is 2.54. The van der Waals surface area contributed by atoms with E-state index in [9.17, 15) is 24.9 Å². The third kappa shape index (κ3) is 14.6. The van der Waals surface area contributed by atoms with Gasteiger partial charge in [-0.1, -0.05) is 103 Å². The van der Waals surface area contributed by atoms with Gasteiger partial charge in [-0.15, -0.1) is 0 Å². The first kappa shape index (κ1) is 49.3. The van der Waals surface area contributed by atoms with Crippen molar-refractivity contribution < 1.29 is 52.4 Å². The minimum absolute atomic E-state index is 0.0228. The average Bonchev–Trinajstić information content (AvgIpc) is 3.79. The van der Waals surface area contributed by atoms with Crippen molar-refractivity contribution in [3.63, 3.8) is 0 Å². The molecule has 1 saturated heterocycles. The summed E-state index contributed by atoms with van der Waals surface area (Å²) in [7, 11) is -1.83. The summed E-state index contributed by atoms with van der Waals surface area (Å²) in [6.07, 6.45) is 16.7. The standard InChI is InChI=1S/C43H68N5O11P/c1-5-6-7-8-9-10-11-12-13-14-15-16-17-18-19-20-23-55-28-33(56-27-32-24-36(53-3)34(26-44)37(25-32)54-4)29-57-60(51,52)58-30-38-40(49)41(50)43(2,59-38)39-22-21-35-42(45)46-31-47-48(35)39/h21-22,24-25,31,33,38,40-41,49-50H,5-20,23,27-30H2,1-4H3,(H,51,52)(H2,45,46,47)/t33-,38-,40-,41-,43+/m1/s1. The maximum atomic E-state index is 13.1. The second kappa shape index (κ2) is 25.5. The number of hydrogen-bond acceptors (Lipinski definition) is 14. The van der Waals surface area contributed by atoms with E-state index in [0.717, 1.165) is 19.3 Å². The molecular formula is C43H68N5O11P. The van der Waals surface area contributed by atoms with Crippen molar-refractivity contribution in [1.29, 1.82) is 5.26 Å². The molecule has 1 fully saturated rings. The zero-order valence-corrected chi connectivity index (χ0v) is 36.9. The van der Waals surface area contributed by atoms with Gasteiger partial charge in [-0.05, 0) is 43.2 Å². The van der Waals surface area contributed by atoms with Crippen LogP contribution in [-0.2, 0) is 40.0 Å². The van der Waals surface area contributed by atoms with Gasteiger partial charge in [0.2, 0.25) is 0 Å². The summed E-state index contributed by atoms with van der Waals surface area (Å²) in [5.74, 6) is 0.850. The summed E-state index contributed by atoms with van der Waals surface area (Å²) in [5.41, 5.74) is 6.24. The number of aromatic nitrogens is 3. The molecule has 4 rings (SSSR count). The molecule has 1 aliphatic rings. The Morgan fingerprint density at radius 2 is 1.50 bits per heavy atom. The Morgan fingerprint density at radius 1 is 0.917 bits per heavy atom. The molecule has 5 N–H and O–H groups in total. The number of nitrogen functional groups attached to an aromatic ring is 1. The lowest BCUT2D eigenvalue weighted by molar-refractivity contribution is -0.0901. The molecule has 0 amide bonds. The van der Waals surface area contributed by atoms with Gasteiger partial charge in [0.05, 0.1) is 46.3 Å². The maximum Gasteiger partial charge on any atom is 0.472 e. The Bertz CT molecular complexity index is 1780. The Hall–Kier alpha value is -3.36. The smallest absolute Gasteiger partial charge is 0.472 e. The van der Waals surface area contributed by atoms with E-state index >= 15 is 0 Å². The molecule has 0 saturated carbocycles. The number of hydrogen-bond donors (Lipinski definition) is 4. The molecule has 3 heterocycles. The molecule has 16 nitrogen and oxygen atoms in total. The normalized spacial score (nSPS) is 20.6. The molecular weight excluding hydrogens is 793 g/mol. The summed E-state index contributed by atoms with van der Waals surface area (Å²) in [4.78, 5) is 14.7. The molecule has 3 aromatic rings. The first-order valence-electron chi connectivity index (χ1n) is 21.6. The Labute approximate surface area is 355 Å². The van der Waals surface area contributed by atoms with E-state index in [1.807, 2.05) is 0 Å². The fraction of sp³-hybridized carbons (Fsp3) is 0.698. The zero-order chi connectivity index (χ0) is 43.4. The molecule has 1 aliphatic heterocycles. The molecule has 1 unspecified atom stereocenters. The van der Waals surface area contributed by atoms with E-state index in [0.29, 0.717) is 34.9 Å². The van der Waals surface area contributed by atoms with Crippen LogP contribution in [-0.4, -0.2) is 94.8 Å². The van der Waals surface area contributed by atoms with Crippen molar-refractivity contribution in [2.45, 2.75) is 153 Å². The van der Waals surface area contributed by atoms with Gasteiger partial charge in [0.15, 0.2) is 5.82 Å². The van der Waals surface area contributed by atoms with E-state index in [2.05, 4.69) is 23.1 Å². The van der Waals surface area contributed by atoms with Crippen LogP contribution in [0.15, 0.2) is 30.6 Å². The lowest BCUT2D eigenvalue weighted by atomic mass is 9.93. The summed E-state index contributed by atoms with van der Waals surface area (Å²) in [6, 6.07) is 8.70. The van der Waals surface area contributed by atoms with Crippen molar-refractivity contribution in [2.75, 3.05) is 46.4 Å². The zero-order valence-electron chi connectivity index (χ0n) is 36.0. The fourth-order valence-corrected chi connectivity index (χ4v) is 8.29. The number of methoxy groups -OCH3 is 2. The summed E-state index contributed by atoms with van der Waals surface area (Å²) in [6.45, 7) is 3.45. The average molecular weight is 862 g/mol. The Balaban J connectivity index is 1.23. The van der Waals surface area contributed by atoms with Gasteiger partial charge >= 0.3 is 7.82 Å². The third-order valence-electron chi connectivity index (χ3n) is 11.1. The van der Waals surface area contributed by atoms with Gasteiger partial charge < -0.3 is 44.5 Å². The van der Waals surface area contributed by atoms with Crippen LogP contribution >= 0.6 is 7.82 Å². The SMILES string of the molecule is CCCCCCCCCCCCCCCCCCOC[C@H](COP(=O)(O)OC[C@H]1O[C@@](C)(c2ccc3c(N)ncnn23)[C@H](O)[C@@H]1O)OCc1cc(OC)c(C#N)c(OC)c1. The molecule has 6 atom stereocenters. The second-order valence-corrected chi connectivity index (χ2v) is 17.2. The van der Waals surface area contributed by atoms with E-state index in [1.165, 1.54) is 109 Å². The molecule has 0 aliphatic carbocycles. The number of nitriles is 1. The van der Waals surface area contributed by atoms with Gasteiger partial charge in [0, 0.05) is 6.61 Å². The van der Waals surface area contributed by atoms with Gasteiger partial charge in [-0.3, -0.25) is 9.05 Å². The molecule has 336 valence electrons. The largest absolute Gasteiger partial charge is 0.495 e. The van der Waals surface area contributed by atoms with Gasteiger partial charge in [0.25, 0.3) is 0 Å². The summed E-state index contributed by atoms with van der Waals surface area (Å²) in [5, 5.41) is 35.7.